The molecule has 0 aromatic heterocycles. The second-order valence-electron chi connectivity index (χ2n) is 11.5. The molecule has 3 aromatic rings. The van der Waals surface area contributed by atoms with Gasteiger partial charge >= 0.3 is 6.18 Å². The summed E-state index contributed by atoms with van der Waals surface area (Å²) < 4.78 is 65.1. The average molecular weight is 674 g/mol. The standard InChI is InChI=1S/C35H42F3N3O7/c1-45-27-11-9-23(10-12-27)15-18-41(34(44)25-13-16-39-17-14-25)21-28(42)32(35(36,37)38)40-33(43)26-19-29(46-2)31(30(20-26)47-3)48-22-24-7-5-4-6-8-24/h4-12,19-20,25,28,32,39,42H,13-18,21-22H2,1-3H3,(H,40,43). The van der Waals surface area contributed by atoms with Gasteiger partial charge in [0.2, 0.25) is 11.7 Å². The highest BCUT2D eigenvalue weighted by atomic mass is 19.4. The number of benzene rings is 3. The van der Waals surface area contributed by atoms with E-state index in [4.69, 9.17) is 18.9 Å². The van der Waals surface area contributed by atoms with Crippen molar-refractivity contribution >= 4 is 11.8 Å². The van der Waals surface area contributed by atoms with Gasteiger partial charge < -0.3 is 39.6 Å². The van der Waals surface area contributed by atoms with Gasteiger partial charge in [-0.2, -0.15) is 13.2 Å². The quantitative estimate of drug-likeness (QED) is 0.218. The Hall–Kier alpha value is -4.49. The van der Waals surface area contributed by atoms with Crippen molar-refractivity contribution in [1.29, 1.82) is 0 Å². The first-order chi connectivity index (χ1) is 23.0. The highest BCUT2D eigenvalue weighted by Gasteiger charge is 2.46. The topological polar surface area (TPSA) is 119 Å². The molecule has 1 fully saturated rings. The minimum Gasteiger partial charge on any atom is -0.497 e. The Labute approximate surface area is 278 Å². The van der Waals surface area contributed by atoms with Crippen LogP contribution in [0.5, 0.6) is 23.0 Å². The Morgan fingerprint density at radius 3 is 2.12 bits per heavy atom. The van der Waals surface area contributed by atoms with E-state index in [1.807, 2.05) is 47.8 Å². The minimum atomic E-state index is -5.04. The van der Waals surface area contributed by atoms with Crippen LogP contribution in [0.25, 0.3) is 0 Å². The Bertz CT molecular complexity index is 1460. The van der Waals surface area contributed by atoms with E-state index in [1.165, 1.54) is 38.4 Å². The predicted molar refractivity (Wildman–Crippen MR) is 173 cm³/mol. The Morgan fingerprint density at radius 1 is 0.938 bits per heavy atom. The highest BCUT2D eigenvalue weighted by Crippen LogP contribution is 2.39. The summed E-state index contributed by atoms with van der Waals surface area (Å²) in [5, 5.41) is 16.1. The first kappa shape index (κ1) is 36.3. The molecule has 13 heteroatoms. The van der Waals surface area contributed by atoms with Crippen molar-refractivity contribution in [3.05, 3.63) is 83.4 Å². The number of alkyl halides is 3. The minimum absolute atomic E-state index is 0.0665. The van der Waals surface area contributed by atoms with Gasteiger partial charge in [-0.3, -0.25) is 9.59 Å². The highest BCUT2D eigenvalue weighted by molar-refractivity contribution is 5.96. The van der Waals surface area contributed by atoms with Crippen LogP contribution in [0.4, 0.5) is 13.2 Å². The number of aliphatic hydroxyl groups excluding tert-OH is 1. The number of rotatable bonds is 15. The van der Waals surface area contributed by atoms with E-state index in [0.717, 1.165) is 11.1 Å². The van der Waals surface area contributed by atoms with Gasteiger partial charge in [0.15, 0.2) is 17.5 Å². The van der Waals surface area contributed by atoms with Crippen molar-refractivity contribution in [3.63, 3.8) is 0 Å². The van der Waals surface area contributed by atoms with Crippen molar-refractivity contribution in [2.75, 3.05) is 47.5 Å². The number of nitrogens with zero attached hydrogens (tertiary/aromatic N) is 1. The molecule has 0 radical (unpaired) electrons. The molecular formula is C35H42F3N3O7. The van der Waals surface area contributed by atoms with E-state index in [1.54, 1.807) is 12.1 Å². The Balaban J connectivity index is 1.52. The zero-order valence-electron chi connectivity index (χ0n) is 27.2. The second kappa shape index (κ2) is 17.1. The maximum absolute atomic E-state index is 14.4. The molecule has 48 heavy (non-hydrogen) atoms. The molecule has 0 saturated carbocycles. The molecule has 0 spiro atoms. The Morgan fingerprint density at radius 2 is 1.56 bits per heavy atom. The molecule has 260 valence electrons. The molecule has 1 saturated heterocycles. The van der Waals surface area contributed by atoms with Gasteiger partial charge in [0.1, 0.15) is 18.5 Å². The smallest absolute Gasteiger partial charge is 0.411 e. The lowest BCUT2D eigenvalue weighted by Crippen LogP contribution is -2.57. The number of halogens is 3. The number of nitrogens with one attached hydrogen (secondary N) is 2. The van der Waals surface area contributed by atoms with Crippen molar-refractivity contribution in [3.8, 4) is 23.0 Å². The largest absolute Gasteiger partial charge is 0.497 e. The van der Waals surface area contributed by atoms with Gasteiger partial charge in [0.25, 0.3) is 5.91 Å². The number of amides is 2. The molecule has 2 unspecified atom stereocenters. The van der Waals surface area contributed by atoms with Crippen LogP contribution in [0.2, 0.25) is 0 Å². The van der Waals surface area contributed by atoms with E-state index in [-0.39, 0.29) is 41.9 Å². The van der Waals surface area contributed by atoms with Gasteiger partial charge in [-0.1, -0.05) is 42.5 Å². The number of methoxy groups -OCH3 is 3. The van der Waals surface area contributed by atoms with E-state index in [2.05, 4.69) is 5.32 Å². The van der Waals surface area contributed by atoms with Crippen LogP contribution in [0.15, 0.2) is 66.7 Å². The molecule has 3 aromatic carbocycles. The zero-order chi connectivity index (χ0) is 34.7. The molecule has 0 bridgehead atoms. The van der Waals surface area contributed by atoms with Gasteiger partial charge in [-0.05, 0) is 67.7 Å². The lowest BCUT2D eigenvalue weighted by atomic mass is 9.95. The first-order valence-electron chi connectivity index (χ1n) is 15.6. The summed E-state index contributed by atoms with van der Waals surface area (Å²) in [4.78, 5) is 28.1. The van der Waals surface area contributed by atoms with Gasteiger partial charge in [0.05, 0.1) is 21.3 Å². The summed E-state index contributed by atoms with van der Waals surface area (Å²) in [6.45, 7) is 0.795. The molecule has 1 aliphatic rings. The van der Waals surface area contributed by atoms with Crippen LogP contribution in [0.3, 0.4) is 0 Å². The van der Waals surface area contributed by atoms with E-state index >= 15 is 0 Å². The summed E-state index contributed by atoms with van der Waals surface area (Å²) in [6.07, 6.45) is -5.80. The van der Waals surface area contributed by atoms with Gasteiger partial charge in [-0.15, -0.1) is 0 Å². The number of carbonyl (C=O) groups is 2. The number of hydrogen-bond donors (Lipinski definition) is 3. The lowest BCUT2D eigenvalue weighted by molar-refractivity contribution is -0.178. The average Bonchev–Trinajstić information content (AvgIpc) is 3.11. The fourth-order valence-electron chi connectivity index (χ4n) is 5.51. The van der Waals surface area contributed by atoms with Crippen LogP contribution in [-0.4, -0.2) is 87.7 Å². The fraction of sp³-hybridized carbons (Fsp3) is 0.429. The van der Waals surface area contributed by atoms with Crippen molar-refractivity contribution in [2.45, 2.75) is 44.2 Å². The molecule has 3 N–H and O–H groups in total. The van der Waals surface area contributed by atoms with Crippen molar-refractivity contribution in [2.24, 2.45) is 5.92 Å². The van der Waals surface area contributed by atoms with Crippen molar-refractivity contribution < 1.29 is 46.8 Å². The van der Waals surface area contributed by atoms with Crippen LogP contribution < -0.4 is 29.6 Å². The van der Waals surface area contributed by atoms with E-state index in [9.17, 15) is 27.9 Å². The van der Waals surface area contributed by atoms with Gasteiger partial charge in [0, 0.05) is 24.6 Å². The monoisotopic (exact) mass is 673 g/mol. The summed E-state index contributed by atoms with van der Waals surface area (Å²) >= 11 is 0. The second-order valence-corrected chi connectivity index (χ2v) is 11.5. The molecule has 1 aliphatic heterocycles. The predicted octanol–water partition coefficient (Wildman–Crippen LogP) is 4.38. The number of piperidine rings is 1. The molecule has 2 amide bonds. The third kappa shape index (κ3) is 9.77. The number of ether oxygens (including phenoxy) is 4. The number of carbonyl (C=O) groups excluding carboxylic acids is 2. The van der Waals surface area contributed by atoms with E-state index < -0.39 is 36.7 Å². The maximum Gasteiger partial charge on any atom is 0.411 e. The maximum atomic E-state index is 14.4. The molecule has 1 heterocycles. The van der Waals surface area contributed by atoms with Crippen molar-refractivity contribution in [1.82, 2.24) is 15.5 Å². The first-order valence-corrected chi connectivity index (χ1v) is 15.6. The molecule has 0 aliphatic carbocycles. The molecular weight excluding hydrogens is 631 g/mol. The summed E-state index contributed by atoms with van der Waals surface area (Å²) in [6, 6.07) is 16.2. The van der Waals surface area contributed by atoms with Crippen LogP contribution in [-0.2, 0) is 17.8 Å². The third-order valence-corrected chi connectivity index (χ3v) is 8.21. The Kier molecular flexibility index (Phi) is 12.9. The summed E-state index contributed by atoms with van der Waals surface area (Å²) in [5.41, 5.74) is 1.48. The lowest BCUT2D eigenvalue weighted by Gasteiger charge is -2.34. The van der Waals surface area contributed by atoms with E-state index in [0.29, 0.717) is 38.1 Å². The summed E-state index contributed by atoms with van der Waals surface area (Å²) in [7, 11) is 4.19. The number of aliphatic hydroxyl groups is 1. The normalized spacial score (nSPS) is 14.8. The SMILES string of the molecule is COc1ccc(CCN(CC(O)C(NC(=O)c2cc(OC)c(OCc3ccccc3)c(OC)c2)C(F)(F)F)C(=O)C2CCNCC2)cc1. The summed E-state index contributed by atoms with van der Waals surface area (Å²) in [5.74, 6) is -0.916. The molecule has 2 atom stereocenters. The van der Waals surface area contributed by atoms with Gasteiger partial charge in [-0.25, -0.2) is 0 Å². The zero-order valence-corrected chi connectivity index (χ0v) is 27.2. The third-order valence-electron chi connectivity index (χ3n) is 8.21. The number of hydrogen-bond acceptors (Lipinski definition) is 8. The van der Waals surface area contributed by atoms with Crippen LogP contribution in [0.1, 0.15) is 34.3 Å². The fourth-order valence-corrected chi connectivity index (χ4v) is 5.51. The van der Waals surface area contributed by atoms with Crippen LogP contribution in [0, 0.1) is 5.92 Å². The van der Waals surface area contributed by atoms with Crippen LogP contribution >= 0.6 is 0 Å². The molecule has 10 nitrogen and oxygen atoms in total. The molecule has 4 rings (SSSR count).